The summed E-state index contributed by atoms with van der Waals surface area (Å²) in [5.41, 5.74) is 2.93. The molecule has 2 heteroatoms. The lowest BCUT2D eigenvalue weighted by Crippen LogP contribution is -2.16. The molecule has 0 aromatic carbocycles. The van der Waals surface area contributed by atoms with E-state index >= 15 is 0 Å². The Kier molecular flexibility index (Phi) is 2.10. The van der Waals surface area contributed by atoms with Gasteiger partial charge in [-0.1, -0.05) is 41.5 Å². The average molecular weight is 193 g/mol. The van der Waals surface area contributed by atoms with Crippen molar-refractivity contribution in [1.82, 2.24) is 0 Å². The highest BCUT2D eigenvalue weighted by Gasteiger charge is 2.06. The van der Waals surface area contributed by atoms with Gasteiger partial charge >= 0.3 is 0 Å². The Morgan fingerprint density at radius 3 is 2.25 bits per heavy atom. The molecule has 0 saturated heterocycles. The largest absolute Gasteiger partial charge is 0.131 e. The topological polar surface area (TPSA) is 0 Å². The molecule has 0 rings (SSSR count). The van der Waals surface area contributed by atoms with Crippen molar-refractivity contribution in [2.45, 2.75) is 19.6 Å². The van der Waals surface area contributed by atoms with E-state index in [0.29, 0.717) is 0 Å². The van der Waals surface area contributed by atoms with Gasteiger partial charge in [0.15, 0.2) is 0 Å². The number of hydrogen-bond acceptors (Lipinski definition) is 0. The third-order valence-corrected chi connectivity index (χ3v) is 1.56. The molecule has 0 heterocycles. The first kappa shape index (κ1) is 5.07. The van der Waals surface area contributed by atoms with Crippen LogP contribution in [0.5, 0.6) is 0 Å². The Hall–Kier alpha value is 0.257. The van der Waals surface area contributed by atoms with Gasteiger partial charge in [0.2, 0.25) is 0 Å². The number of alkyl halides is 1. The van der Waals surface area contributed by atoms with Crippen molar-refractivity contribution in [3.63, 3.8) is 0 Å². The lowest BCUT2D eigenvalue weighted by molar-refractivity contribution is 1.80. The number of halogens is 1. The molecule has 0 spiro atoms. The van der Waals surface area contributed by atoms with Gasteiger partial charge in [-0.25, -0.2) is 0 Å². The first-order chi connectivity index (χ1) is 4.21. The van der Waals surface area contributed by atoms with E-state index in [9.17, 15) is 0 Å². The molecule has 0 radical (unpaired) electrons. The van der Waals surface area contributed by atoms with Crippen molar-refractivity contribution in [2.24, 2.45) is 0 Å². The fourth-order valence-electron chi connectivity index (χ4n) is 0.211. The predicted octanol–water partition coefficient (Wildman–Crippen LogP) is 2.26. The van der Waals surface area contributed by atoms with E-state index in [0.717, 1.165) is 0 Å². The van der Waals surface area contributed by atoms with Gasteiger partial charge in [-0.2, -0.15) is 0 Å². The fourth-order valence-corrected chi connectivity index (χ4v) is 0.931. The second-order valence-electron chi connectivity index (χ2n) is 2.59. The summed E-state index contributed by atoms with van der Waals surface area (Å²) in [4.78, 5) is 0. The molecular weight excluding hydrogens is 180 g/mol. The molecule has 0 N–H and O–H groups in total. The van der Waals surface area contributed by atoms with Crippen LogP contribution in [0.15, 0.2) is 0 Å². The first-order valence-corrected chi connectivity index (χ1v) is 6.73. The van der Waals surface area contributed by atoms with Crippen LogP contribution in [-0.2, 0) is 0 Å². The van der Waals surface area contributed by atoms with Crippen LogP contribution in [0.2, 0.25) is 19.6 Å². The Morgan fingerprint density at radius 2 is 2.12 bits per heavy atom. The van der Waals surface area contributed by atoms with E-state index in [1.165, 1.54) is 0 Å². The van der Waals surface area contributed by atoms with Crippen LogP contribution >= 0.6 is 15.9 Å². The molecule has 0 saturated carbocycles. The van der Waals surface area contributed by atoms with Gasteiger partial charge in [-0.05, 0) is 0 Å². The van der Waals surface area contributed by atoms with Crippen molar-refractivity contribution in [2.75, 3.05) is 5.28 Å². The molecule has 46 valence electrons. The smallest absolute Gasteiger partial charge is 0.129 e. The normalized spacial score (nSPS) is 15.5. The summed E-state index contributed by atoms with van der Waals surface area (Å²) in [5, 5.41) is -1.51. The third kappa shape index (κ3) is 6.26. The van der Waals surface area contributed by atoms with Gasteiger partial charge < -0.3 is 0 Å². The molecule has 0 atom stereocenters. The SMILES string of the molecule is [2H]C([2H])(Br)C#C[Si](C)(C)C. The summed E-state index contributed by atoms with van der Waals surface area (Å²) in [6.45, 7) is 6.25. The molecule has 0 bridgehead atoms. The van der Waals surface area contributed by atoms with E-state index in [4.69, 9.17) is 2.74 Å². The first-order valence-electron chi connectivity index (χ1n) is 3.44. The number of hydrogen-bond donors (Lipinski definition) is 0. The molecule has 0 unspecified atom stereocenters. The fraction of sp³-hybridized carbons (Fsp3) is 0.667. The lowest BCUT2D eigenvalue weighted by Gasteiger charge is -2.02. The summed E-state index contributed by atoms with van der Waals surface area (Å²) in [6, 6.07) is 0. The highest BCUT2D eigenvalue weighted by molar-refractivity contribution is 9.09. The second kappa shape index (κ2) is 3.32. The van der Waals surface area contributed by atoms with E-state index < -0.39 is 13.4 Å². The van der Waals surface area contributed by atoms with Gasteiger partial charge in [0.25, 0.3) is 0 Å². The van der Waals surface area contributed by atoms with Crippen LogP contribution in [0.25, 0.3) is 0 Å². The minimum absolute atomic E-state index is 1.40. The van der Waals surface area contributed by atoms with E-state index in [2.05, 4.69) is 47.0 Å². The van der Waals surface area contributed by atoms with Crippen LogP contribution in [-0.4, -0.2) is 13.4 Å². The second-order valence-corrected chi connectivity index (χ2v) is 7.74. The van der Waals surface area contributed by atoms with Crippen LogP contribution < -0.4 is 0 Å². The maximum atomic E-state index is 7.04. The highest BCUT2D eigenvalue weighted by Crippen LogP contribution is 1.95. The molecule has 0 fully saturated rings. The van der Waals surface area contributed by atoms with E-state index in [-0.39, 0.29) is 0 Å². The predicted molar refractivity (Wildman–Crippen MR) is 44.9 cm³/mol. The quantitative estimate of drug-likeness (QED) is 0.314. The summed E-state index contributed by atoms with van der Waals surface area (Å²) >= 11 is 2.81. The van der Waals surface area contributed by atoms with Crippen molar-refractivity contribution >= 4 is 24.0 Å². The summed E-state index contributed by atoms with van der Waals surface area (Å²) in [6.07, 6.45) is 0. The van der Waals surface area contributed by atoms with Gasteiger partial charge in [0, 0.05) is 0 Å². The van der Waals surface area contributed by atoms with Crippen molar-refractivity contribution in [1.29, 1.82) is 0 Å². The molecule has 0 aromatic heterocycles. The minimum Gasteiger partial charge on any atom is -0.131 e. The Balaban J connectivity index is 4.19. The zero-order valence-electron chi connectivity index (χ0n) is 7.38. The van der Waals surface area contributed by atoms with Gasteiger partial charge in [0.1, 0.15) is 8.07 Å². The van der Waals surface area contributed by atoms with Crippen LogP contribution in [0.1, 0.15) is 2.74 Å². The number of rotatable bonds is 0. The van der Waals surface area contributed by atoms with Gasteiger partial charge in [0.05, 0.1) is 8.02 Å². The Morgan fingerprint density at radius 1 is 1.62 bits per heavy atom. The van der Waals surface area contributed by atoms with Crippen molar-refractivity contribution in [3.8, 4) is 11.5 Å². The van der Waals surface area contributed by atoms with Crippen molar-refractivity contribution < 1.29 is 2.74 Å². The van der Waals surface area contributed by atoms with Crippen LogP contribution in [0, 0.1) is 11.5 Å². The van der Waals surface area contributed by atoms with Gasteiger partial charge in [-0.3, -0.25) is 0 Å². The van der Waals surface area contributed by atoms with Gasteiger partial charge in [-0.15, -0.1) is 5.54 Å². The van der Waals surface area contributed by atoms with E-state index in [1.807, 2.05) is 0 Å². The molecular formula is C6H11BrSi. The molecule has 0 nitrogen and oxygen atoms in total. The lowest BCUT2D eigenvalue weighted by atomic mass is 10.8. The average Bonchev–Trinajstić information content (AvgIpc) is 1.57. The zero-order valence-corrected chi connectivity index (χ0v) is 7.96. The van der Waals surface area contributed by atoms with Crippen LogP contribution in [0.3, 0.4) is 0 Å². The minimum atomic E-state index is -1.51. The molecule has 0 aliphatic rings. The molecule has 0 amide bonds. The molecule has 8 heavy (non-hydrogen) atoms. The highest BCUT2D eigenvalue weighted by atomic mass is 79.9. The molecule has 0 aromatic rings. The van der Waals surface area contributed by atoms with Crippen molar-refractivity contribution in [3.05, 3.63) is 0 Å². The summed E-state index contributed by atoms with van der Waals surface area (Å²) in [5.74, 6) is 2.52. The van der Waals surface area contributed by atoms with Crippen LogP contribution in [0.4, 0.5) is 0 Å². The standard InChI is InChI=1S/C6H11BrSi/c1-8(2,3)6-4-5-7/h5H2,1-3H3/i5D2. The maximum absolute atomic E-state index is 7.04. The summed E-state index contributed by atoms with van der Waals surface area (Å²) < 4.78 is 14.1. The zero-order chi connectivity index (χ0) is 8.41. The summed E-state index contributed by atoms with van der Waals surface area (Å²) in [7, 11) is -1.40. The molecule has 0 aliphatic heterocycles. The van der Waals surface area contributed by atoms with E-state index in [1.54, 1.807) is 0 Å². The Labute approximate surface area is 63.6 Å². The maximum Gasteiger partial charge on any atom is 0.129 e. The third-order valence-electron chi connectivity index (χ3n) is 0.485. The Bertz CT molecular complexity index is 149. The monoisotopic (exact) mass is 192 g/mol. The molecule has 0 aliphatic carbocycles.